The highest BCUT2D eigenvalue weighted by molar-refractivity contribution is 7.99. The Kier molecular flexibility index (Phi) is 5.33. The van der Waals surface area contributed by atoms with Crippen LogP contribution in [0.1, 0.15) is 38.6 Å². The maximum Gasteiger partial charge on any atom is 0.0547 e. The number of pyridine rings is 1. The molecule has 2 N–H and O–H groups in total. The van der Waals surface area contributed by atoms with Gasteiger partial charge in [-0.15, -0.1) is 0 Å². The zero-order valence-corrected chi connectivity index (χ0v) is 14.7. The summed E-state index contributed by atoms with van der Waals surface area (Å²) in [6, 6.07) is 6.28. The quantitative estimate of drug-likeness (QED) is 0.908. The average molecular weight is 308 g/mol. The zero-order valence-electron chi connectivity index (χ0n) is 13.9. The fraction of sp³-hybridized carbons (Fsp3) is 0.706. The molecule has 1 unspecified atom stereocenters. The van der Waals surface area contributed by atoms with Gasteiger partial charge in [0.25, 0.3) is 0 Å². The predicted molar refractivity (Wildman–Crippen MR) is 92.6 cm³/mol. The molecule has 0 radical (unpaired) electrons. The highest BCUT2D eigenvalue weighted by Crippen LogP contribution is 2.42. The van der Waals surface area contributed by atoms with Crippen LogP contribution in [0.5, 0.6) is 0 Å². The van der Waals surface area contributed by atoms with Gasteiger partial charge in [-0.05, 0) is 43.2 Å². The van der Waals surface area contributed by atoms with Crippen molar-refractivity contribution in [2.45, 2.75) is 46.2 Å². The Morgan fingerprint density at radius 1 is 1.33 bits per heavy atom. The summed E-state index contributed by atoms with van der Waals surface area (Å²) in [4.78, 5) is 7.21. The van der Waals surface area contributed by atoms with E-state index in [2.05, 4.69) is 55.8 Å². The molecule has 0 amide bonds. The lowest BCUT2D eigenvalue weighted by atomic mass is 9.78. The van der Waals surface area contributed by atoms with Crippen molar-refractivity contribution < 1.29 is 0 Å². The van der Waals surface area contributed by atoms with Gasteiger partial charge in [-0.1, -0.05) is 26.8 Å². The molecule has 118 valence electrons. The lowest BCUT2D eigenvalue weighted by Crippen LogP contribution is -2.59. The minimum absolute atomic E-state index is 0.104. The van der Waals surface area contributed by atoms with Crippen molar-refractivity contribution in [3.63, 3.8) is 0 Å². The average Bonchev–Trinajstić information content (AvgIpc) is 2.43. The Hall–Kier alpha value is -0.580. The molecule has 0 spiro atoms. The van der Waals surface area contributed by atoms with Crippen molar-refractivity contribution in [3.05, 3.63) is 29.6 Å². The highest BCUT2D eigenvalue weighted by Gasteiger charge is 2.43. The Balaban J connectivity index is 2.21. The topological polar surface area (TPSA) is 42.2 Å². The number of thioether (sulfide) groups is 1. The molecule has 0 aliphatic carbocycles. The fourth-order valence-electron chi connectivity index (χ4n) is 3.47. The Morgan fingerprint density at radius 3 is 2.67 bits per heavy atom. The first-order valence-corrected chi connectivity index (χ1v) is 9.02. The van der Waals surface area contributed by atoms with Gasteiger partial charge in [-0.25, -0.2) is 0 Å². The molecule has 4 heteroatoms. The van der Waals surface area contributed by atoms with E-state index in [-0.39, 0.29) is 5.54 Å². The van der Waals surface area contributed by atoms with E-state index in [1.807, 2.05) is 11.8 Å². The Morgan fingerprint density at radius 2 is 2.10 bits per heavy atom. The van der Waals surface area contributed by atoms with Crippen LogP contribution in [0.3, 0.4) is 0 Å². The van der Waals surface area contributed by atoms with Crippen LogP contribution in [0.25, 0.3) is 0 Å². The standard InChI is InChI=1S/C17H29N3S/c1-5-20(9-15-8-6-7-14(2)19-15)17(11-18)10-16(3,4)12-21-13-17/h6-8H,5,9-13,18H2,1-4H3. The molecule has 1 aliphatic rings. The van der Waals surface area contributed by atoms with Gasteiger partial charge in [0, 0.05) is 30.1 Å². The molecule has 0 saturated carbocycles. The minimum Gasteiger partial charge on any atom is -0.329 e. The second-order valence-corrected chi connectivity index (χ2v) is 8.03. The van der Waals surface area contributed by atoms with Gasteiger partial charge in [0.1, 0.15) is 0 Å². The number of hydrogen-bond donors (Lipinski definition) is 1. The third-order valence-corrected chi connectivity index (χ3v) is 6.13. The third kappa shape index (κ3) is 3.99. The van der Waals surface area contributed by atoms with Gasteiger partial charge in [-0.3, -0.25) is 9.88 Å². The van der Waals surface area contributed by atoms with Crippen LogP contribution in [0.4, 0.5) is 0 Å². The third-order valence-electron chi connectivity index (χ3n) is 4.40. The Labute approximate surface area is 133 Å². The van der Waals surface area contributed by atoms with Crippen molar-refractivity contribution in [3.8, 4) is 0 Å². The van der Waals surface area contributed by atoms with E-state index >= 15 is 0 Å². The molecule has 1 saturated heterocycles. The largest absolute Gasteiger partial charge is 0.329 e. The van der Waals surface area contributed by atoms with E-state index < -0.39 is 0 Å². The zero-order chi connectivity index (χ0) is 15.5. The molecule has 3 nitrogen and oxygen atoms in total. The van der Waals surface area contributed by atoms with Crippen LogP contribution in [0.15, 0.2) is 18.2 Å². The van der Waals surface area contributed by atoms with E-state index in [1.165, 1.54) is 12.2 Å². The number of aryl methyl sites for hydroxylation is 1. The lowest BCUT2D eigenvalue weighted by Gasteiger charge is -2.50. The molecule has 1 aromatic rings. The summed E-state index contributed by atoms with van der Waals surface area (Å²) in [5.74, 6) is 2.36. The smallest absolute Gasteiger partial charge is 0.0547 e. The molecule has 2 rings (SSSR count). The SMILES string of the molecule is CCN(Cc1cccc(C)n1)C1(CN)CSCC(C)(C)C1. The normalized spacial score (nSPS) is 25.2. The van der Waals surface area contributed by atoms with E-state index in [0.717, 1.165) is 36.8 Å². The van der Waals surface area contributed by atoms with E-state index in [9.17, 15) is 0 Å². The summed E-state index contributed by atoms with van der Waals surface area (Å²) in [6.07, 6.45) is 1.17. The van der Waals surface area contributed by atoms with Crippen molar-refractivity contribution >= 4 is 11.8 Å². The van der Waals surface area contributed by atoms with E-state index in [0.29, 0.717) is 5.41 Å². The second kappa shape index (κ2) is 6.67. The van der Waals surface area contributed by atoms with Crippen LogP contribution >= 0.6 is 11.8 Å². The first-order chi connectivity index (χ1) is 9.91. The monoisotopic (exact) mass is 307 g/mol. The number of hydrogen-bond acceptors (Lipinski definition) is 4. The highest BCUT2D eigenvalue weighted by atomic mass is 32.2. The van der Waals surface area contributed by atoms with Gasteiger partial charge in [0.15, 0.2) is 0 Å². The minimum atomic E-state index is 0.104. The number of nitrogens with two attached hydrogens (primary N) is 1. The molecule has 1 aliphatic heterocycles. The van der Waals surface area contributed by atoms with Gasteiger partial charge in [-0.2, -0.15) is 11.8 Å². The number of rotatable bonds is 5. The van der Waals surface area contributed by atoms with E-state index in [1.54, 1.807) is 0 Å². The first-order valence-electron chi connectivity index (χ1n) is 7.86. The van der Waals surface area contributed by atoms with Crippen molar-refractivity contribution in [2.24, 2.45) is 11.1 Å². The molecule has 1 aromatic heterocycles. The molecule has 0 bridgehead atoms. The lowest BCUT2D eigenvalue weighted by molar-refractivity contribution is 0.0652. The van der Waals surface area contributed by atoms with Gasteiger partial charge in [0.2, 0.25) is 0 Å². The van der Waals surface area contributed by atoms with Crippen molar-refractivity contribution in [1.29, 1.82) is 0 Å². The summed E-state index contributed by atoms with van der Waals surface area (Å²) in [7, 11) is 0. The maximum absolute atomic E-state index is 6.24. The van der Waals surface area contributed by atoms with Crippen molar-refractivity contribution in [1.82, 2.24) is 9.88 Å². The number of nitrogens with zero attached hydrogens (tertiary/aromatic N) is 2. The van der Waals surface area contributed by atoms with Gasteiger partial charge in [0.05, 0.1) is 5.69 Å². The summed E-state index contributed by atoms with van der Waals surface area (Å²) >= 11 is 2.05. The molecular formula is C17H29N3S. The summed E-state index contributed by atoms with van der Waals surface area (Å²) < 4.78 is 0. The van der Waals surface area contributed by atoms with Gasteiger partial charge >= 0.3 is 0 Å². The Bertz CT molecular complexity index is 475. The van der Waals surface area contributed by atoms with Crippen LogP contribution in [0, 0.1) is 12.3 Å². The van der Waals surface area contributed by atoms with Crippen LogP contribution in [-0.2, 0) is 6.54 Å². The van der Waals surface area contributed by atoms with Crippen molar-refractivity contribution in [2.75, 3.05) is 24.6 Å². The molecular weight excluding hydrogens is 278 g/mol. The van der Waals surface area contributed by atoms with Crippen LogP contribution in [-0.4, -0.2) is 40.0 Å². The number of aromatic nitrogens is 1. The number of likely N-dealkylation sites (N-methyl/N-ethyl adjacent to an activating group) is 1. The maximum atomic E-state index is 6.24. The summed E-state index contributed by atoms with van der Waals surface area (Å²) in [5.41, 5.74) is 8.94. The summed E-state index contributed by atoms with van der Waals surface area (Å²) in [5, 5.41) is 0. The first kappa shape index (κ1) is 16.8. The summed E-state index contributed by atoms with van der Waals surface area (Å²) in [6.45, 7) is 11.7. The van der Waals surface area contributed by atoms with Crippen LogP contribution in [0.2, 0.25) is 0 Å². The van der Waals surface area contributed by atoms with Crippen LogP contribution < -0.4 is 5.73 Å². The molecule has 2 heterocycles. The predicted octanol–water partition coefficient (Wildman–Crippen LogP) is 3.07. The molecule has 1 fully saturated rings. The molecule has 1 atom stereocenters. The molecule has 21 heavy (non-hydrogen) atoms. The second-order valence-electron chi connectivity index (χ2n) is 7.05. The molecule has 0 aromatic carbocycles. The fourth-order valence-corrected chi connectivity index (χ4v) is 5.01. The van der Waals surface area contributed by atoms with Gasteiger partial charge < -0.3 is 5.73 Å². The van der Waals surface area contributed by atoms with E-state index in [4.69, 9.17) is 5.73 Å².